The second-order valence-corrected chi connectivity index (χ2v) is 8.77. The summed E-state index contributed by atoms with van der Waals surface area (Å²) >= 11 is 0.967. The Balaban J connectivity index is 4.73. The van der Waals surface area contributed by atoms with Gasteiger partial charge in [0.1, 0.15) is 6.29 Å². The van der Waals surface area contributed by atoms with E-state index in [0.717, 1.165) is 11.8 Å². The van der Waals surface area contributed by atoms with Gasteiger partial charge in [-0.25, -0.2) is 4.39 Å². The predicted octanol–water partition coefficient (Wildman–Crippen LogP) is 5.78. The zero-order chi connectivity index (χ0) is 24.7. The van der Waals surface area contributed by atoms with Gasteiger partial charge in [-0.2, -0.15) is 51.3 Å². The lowest BCUT2D eigenvalue weighted by Gasteiger charge is -2.33. The lowest BCUT2D eigenvalue weighted by Crippen LogP contribution is -2.55. The molecule has 1 amide bonds. The van der Waals surface area contributed by atoms with Crippen LogP contribution in [0.1, 0.15) is 46.0 Å². The number of hydrogen-bond acceptors (Lipinski definition) is 3. The molecule has 184 valence electrons. The van der Waals surface area contributed by atoms with Gasteiger partial charge in [0.15, 0.2) is 0 Å². The molecule has 0 heterocycles. The maximum Gasteiger partial charge on any atom is 0.431 e. The zero-order valence-corrected chi connectivity index (χ0v) is 17.4. The minimum absolute atomic E-state index is 0.0522. The largest absolute Gasteiger partial charge is 0.431 e. The SMILES string of the molecule is CC(C)(CC=O)NC(=O)CCSCCCC(CC(F)(C(F)(F)F)C(F)(F)F)C(F)(F)F. The Bertz CT molecular complexity index is 573. The first-order chi connectivity index (χ1) is 13.8. The van der Waals surface area contributed by atoms with Gasteiger partial charge in [0.25, 0.3) is 5.67 Å². The van der Waals surface area contributed by atoms with E-state index in [-0.39, 0.29) is 24.3 Å². The van der Waals surface area contributed by atoms with Crippen molar-refractivity contribution in [1.29, 1.82) is 0 Å². The highest BCUT2D eigenvalue weighted by Gasteiger charge is 2.73. The maximum atomic E-state index is 13.7. The Morgan fingerprint density at radius 3 is 1.87 bits per heavy atom. The second-order valence-electron chi connectivity index (χ2n) is 7.55. The fourth-order valence-electron chi connectivity index (χ4n) is 2.51. The van der Waals surface area contributed by atoms with E-state index in [0.29, 0.717) is 6.29 Å². The van der Waals surface area contributed by atoms with Crippen molar-refractivity contribution >= 4 is 24.0 Å². The summed E-state index contributed by atoms with van der Waals surface area (Å²) < 4.78 is 128. The Morgan fingerprint density at radius 2 is 1.45 bits per heavy atom. The third-order valence-electron chi connectivity index (χ3n) is 4.28. The average molecular weight is 495 g/mol. The number of amides is 1. The van der Waals surface area contributed by atoms with E-state index < -0.39 is 60.8 Å². The van der Waals surface area contributed by atoms with Gasteiger partial charge in [-0.1, -0.05) is 0 Å². The fourth-order valence-corrected chi connectivity index (χ4v) is 3.42. The van der Waals surface area contributed by atoms with Crippen molar-refractivity contribution in [3.05, 3.63) is 0 Å². The maximum absolute atomic E-state index is 13.7. The van der Waals surface area contributed by atoms with Crippen LogP contribution in [0, 0.1) is 5.92 Å². The molecule has 0 saturated carbocycles. The number of rotatable bonds is 12. The Kier molecular flexibility index (Phi) is 10.7. The van der Waals surface area contributed by atoms with Gasteiger partial charge in [0.2, 0.25) is 5.91 Å². The van der Waals surface area contributed by atoms with Crippen LogP contribution in [0.15, 0.2) is 0 Å². The summed E-state index contributed by atoms with van der Waals surface area (Å²) in [6, 6.07) is 0. The van der Waals surface area contributed by atoms with Crippen LogP contribution >= 0.6 is 11.8 Å². The van der Waals surface area contributed by atoms with Gasteiger partial charge in [-0.3, -0.25) is 4.79 Å². The molecule has 31 heavy (non-hydrogen) atoms. The molecule has 0 aliphatic carbocycles. The summed E-state index contributed by atoms with van der Waals surface area (Å²) in [5, 5.41) is 2.55. The summed E-state index contributed by atoms with van der Waals surface area (Å²) in [6.07, 6.45) is -22.3. The van der Waals surface area contributed by atoms with E-state index in [1.54, 1.807) is 13.8 Å². The lowest BCUT2D eigenvalue weighted by atomic mass is 9.87. The topological polar surface area (TPSA) is 46.2 Å². The van der Waals surface area contributed by atoms with Gasteiger partial charge >= 0.3 is 18.5 Å². The van der Waals surface area contributed by atoms with Crippen molar-refractivity contribution in [2.24, 2.45) is 5.92 Å². The summed E-state index contributed by atoms with van der Waals surface area (Å²) in [4.78, 5) is 22.2. The second kappa shape index (κ2) is 11.1. The van der Waals surface area contributed by atoms with Gasteiger partial charge in [-0.15, -0.1) is 0 Å². The molecule has 0 radical (unpaired) electrons. The quantitative estimate of drug-likeness (QED) is 0.212. The Morgan fingerprint density at radius 1 is 0.935 bits per heavy atom. The third kappa shape index (κ3) is 9.85. The van der Waals surface area contributed by atoms with Crippen molar-refractivity contribution in [2.45, 2.75) is 75.7 Å². The van der Waals surface area contributed by atoms with Crippen LogP contribution in [-0.2, 0) is 9.59 Å². The van der Waals surface area contributed by atoms with Crippen LogP contribution in [-0.4, -0.2) is 53.4 Å². The first-order valence-corrected chi connectivity index (χ1v) is 10.1. The molecule has 1 unspecified atom stereocenters. The zero-order valence-electron chi connectivity index (χ0n) is 16.6. The molecule has 0 aliphatic heterocycles. The summed E-state index contributed by atoms with van der Waals surface area (Å²) in [5.41, 5.74) is -6.76. The van der Waals surface area contributed by atoms with Crippen molar-refractivity contribution in [3.63, 3.8) is 0 Å². The monoisotopic (exact) mass is 495 g/mol. The molecule has 0 bridgehead atoms. The number of aldehydes is 1. The first kappa shape index (κ1) is 29.8. The molecular weight excluding hydrogens is 472 g/mol. The van der Waals surface area contributed by atoms with Gasteiger partial charge in [0, 0.05) is 30.6 Å². The molecule has 3 nitrogen and oxygen atoms in total. The van der Waals surface area contributed by atoms with Crippen molar-refractivity contribution in [2.75, 3.05) is 11.5 Å². The van der Waals surface area contributed by atoms with Crippen LogP contribution in [0.25, 0.3) is 0 Å². The highest BCUT2D eigenvalue weighted by molar-refractivity contribution is 7.99. The molecule has 0 saturated heterocycles. The Hall–Kier alpha value is -1.21. The van der Waals surface area contributed by atoms with Crippen molar-refractivity contribution < 1.29 is 53.5 Å². The molecule has 0 aromatic heterocycles. The van der Waals surface area contributed by atoms with Crippen molar-refractivity contribution in [3.8, 4) is 0 Å². The van der Waals surface area contributed by atoms with Gasteiger partial charge < -0.3 is 10.1 Å². The van der Waals surface area contributed by atoms with Crippen LogP contribution in [0.4, 0.5) is 43.9 Å². The number of halogens is 10. The summed E-state index contributed by atoms with van der Waals surface area (Å²) in [5.74, 6) is -3.55. The molecule has 0 rings (SSSR count). The van der Waals surface area contributed by atoms with E-state index in [1.807, 2.05) is 0 Å². The highest BCUT2D eigenvalue weighted by atomic mass is 32.2. The number of thioether (sulfide) groups is 1. The molecule has 1 N–H and O–H groups in total. The lowest BCUT2D eigenvalue weighted by molar-refractivity contribution is -0.352. The number of nitrogens with one attached hydrogen (secondary N) is 1. The minimum atomic E-state index is -6.55. The normalized spacial score (nSPS) is 15.0. The standard InChI is InChI=1S/C17H23F10NO2S/c1-13(2,6-7-29)28-12(30)5-9-31-8-3-4-11(15(19,20)21)10-14(18,16(22,23)24)17(25,26)27/h7,11H,3-6,8-10H2,1-2H3,(H,28,30). The van der Waals surface area contributed by atoms with Crippen molar-refractivity contribution in [1.82, 2.24) is 5.32 Å². The minimum Gasteiger partial charge on any atom is -0.351 e. The first-order valence-electron chi connectivity index (χ1n) is 8.98. The number of hydrogen-bond donors (Lipinski definition) is 1. The number of carbonyl (C=O) groups is 2. The van der Waals surface area contributed by atoms with E-state index in [9.17, 15) is 53.5 Å². The van der Waals surface area contributed by atoms with E-state index in [1.165, 1.54) is 0 Å². The van der Waals surface area contributed by atoms with E-state index >= 15 is 0 Å². The molecule has 0 aromatic rings. The molecule has 14 heteroatoms. The summed E-state index contributed by atoms with van der Waals surface area (Å²) in [6.45, 7) is 3.19. The van der Waals surface area contributed by atoms with Gasteiger partial charge in [0.05, 0.1) is 5.92 Å². The van der Waals surface area contributed by atoms with Crippen LogP contribution in [0.5, 0.6) is 0 Å². The van der Waals surface area contributed by atoms with Crippen LogP contribution in [0.2, 0.25) is 0 Å². The molecule has 0 aromatic carbocycles. The molecular formula is C17H23F10NO2S. The average Bonchev–Trinajstić information content (AvgIpc) is 2.52. The van der Waals surface area contributed by atoms with E-state index in [2.05, 4.69) is 5.32 Å². The number of carbonyl (C=O) groups excluding carboxylic acids is 2. The molecule has 0 fully saturated rings. The molecule has 0 spiro atoms. The Labute approximate surface area is 176 Å². The van der Waals surface area contributed by atoms with Crippen LogP contribution < -0.4 is 5.32 Å². The van der Waals surface area contributed by atoms with Crippen LogP contribution in [0.3, 0.4) is 0 Å². The molecule has 0 aliphatic rings. The third-order valence-corrected chi connectivity index (χ3v) is 5.35. The summed E-state index contributed by atoms with van der Waals surface area (Å²) in [7, 11) is 0. The fraction of sp³-hybridized carbons (Fsp3) is 0.882. The highest BCUT2D eigenvalue weighted by Crippen LogP contribution is 2.52. The van der Waals surface area contributed by atoms with E-state index in [4.69, 9.17) is 0 Å². The molecule has 1 atom stereocenters. The van der Waals surface area contributed by atoms with Gasteiger partial charge in [-0.05, 0) is 32.4 Å². The number of alkyl halides is 10. The predicted molar refractivity (Wildman–Crippen MR) is 94.2 cm³/mol. The smallest absolute Gasteiger partial charge is 0.351 e.